The average molecular weight is 321 g/mol. The maximum atomic E-state index is 12.3. The Labute approximate surface area is 135 Å². The highest BCUT2D eigenvalue weighted by Gasteiger charge is 2.27. The van der Waals surface area contributed by atoms with Crippen LogP contribution in [-0.4, -0.2) is 29.9 Å². The third-order valence-corrected chi connectivity index (χ3v) is 2.87. The Balaban J connectivity index is 2.98. The van der Waals surface area contributed by atoms with Gasteiger partial charge in [0.05, 0.1) is 6.61 Å². The molecule has 6 nitrogen and oxygen atoms in total. The Hall–Kier alpha value is -2.21. The van der Waals surface area contributed by atoms with Gasteiger partial charge in [-0.2, -0.15) is 0 Å². The van der Waals surface area contributed by atoms with Gasteiger partial charge in [0.25, 0.3) is 0 Å². The van der Waals surface area contributed by atoms with Crippen molar-refractivity contribution in [3.8, 4) is 0 Å². The van der Waals surface area contributed by atoms with Crippen LogP contribution in [0.5, 0.6) is 0 Å². The van der Waals surface area contributed by atoms with Crippen LogP contribution in [0.2, 0.25) is 0 Å². The monoisotopic (exact) mass is 321 g/mol. The molecule has 0 fully saturated rings. The van der Waals surface area contributed by atoms with Gasteiger partial charge in [-0.3, -0.25) is 9.59 Å². The van der Waals surface area contributed by atoms with Gasteiger partial charge in [0, 0.05) is 5.56 Å². The molecular weight excluding hydrogens is 298 g/mol. The number of nitrogens with two attached hydrogens (primary N) is 1. The standard InChI is InChI=1S/C17H23NO5/c1-5-22-14(20)10-13(19)11-8-6-7-9-12(11)15(18)16(21)23-17(2,3)4/h6-9,15H,5,10,18H2,1-4H3. The average Bonchev–Trinajstić information content (AvgIpc) is 2.44. The van der Waals surface area contributed by atoms with E-state index >= 15 is 0 Å². The van der Waals surface area contributed by atoms with Crippen LogP contribution in [0.25, 0.3) is 0 Å². The predicted molar refractivity (Wildman–Crippen MR) is 84.8 cm³/mol. The first kappa shape index (κ1) is 18.8. The molecule has 1 atom stereocenters. The molecule has 0 aromatic heterocycles. The molecule has 0 amide bonds. The van der Waals surface area contributed by atoms with Gasteiger partial charge >= 0.3 is 11.9 Å². The number of hydrogen-bond donors (Lipinski definition) is 1. The van der Waals surface area contributed by atoms with Crippen molar-refractivity contribution in [3.05, 3.63) is 35.4 Å². The Kier molecular flexibility index (Phi) is 6.45. The minimum absolute atomic E-state index is 0.200. The van der Waals surface area contributed by atoms with Gasteiger partial charge in [-0.1, -0.05) is 24.3 Å². The van der Waals surface area contributed by atoms with Gasteiger partial charge in [-0.15, -0.1) is 0 Å². The minimum atomic E-state index is -1.10. The van der Waals surface area contributed by atoms with Crippen molar-refractivity contribution in [2.24, 2.45) is 5.73 Å². The van der Waals surface area contributed by atoms with Crippen LogP contribution in [0.3, 0.4) is 0 Å². The quantitative estimate of drug-likeness (QED) is 0.490. The summed E-state index contributed by atoms with van der Waals surface area (Å²) in [6.07, 6.45) is -0.397. The van der Waals surface area contributed by atoms with E-state index in [1.165, 1.54) is 6.07 Å². The van der Waals surface area contributed by atoms with Crippen molar-refractivity contribution in [1.29, 1.82) is 0 Å². The number of rotatable bonds is 6. The Morgan fingerprint density at radius 1 is 1.17 bits per heavy atom. The van der Waals surface area contributed by atoms with Crippen LogP contribution in [0.15, 0.2) is 24.3 Å². The van der Waals surface area contributed by atoms with E-state index in [9.17, 15) is 14.4 Å². The number of benzene rings is 1. The molecule has 0 radical (unpaired) electrons. The van der Waals surface area contributed by atoms with Crippen LogP contribution in [0, 0.1) is 0 Å². The highest BCUT2D eigenvalue weighted by atomic mass is 16.6. The normalized spacial score (nSPS) is 12.4. The summed E-state index contributed by atoms with van der Waals surface area (Å²) < 4.78 is 10.0. The van der Waals surface area contributed by atoms with E-state index < -0.39 is 35.8 Å². The SMILES string of the molecule is CCOC(=O)CC(=O)c1ccccc1C(N)C(=O)OC(C)(C)C. The topological polar surface area (TPSA) is 95.7 Å². The van der Waals surface area contributed by atoms with Gasteiger partial charge in [0.1, 0.15) is 18.1 Å². The lowest BCUT2D eigenvalue weighted by Gasteiger charge is -2.23. The number of ether oxygens (including phenoxy) is 2. The first-order chi connectivity index (χ1) is 10.7. The van der Waals surface area contributed by atoms with Crippen LogP contribution < -0.4 is 5.73 Å². The molecule has 0 saturated heterocycles. The summed E-state index contributed by atoms with van der Waals surface area (Å²) in [5, 5.41) is 0. The van der Waals surface area contributed by atoms with E-state index in [2.05, 4.69) is 0 Å². The van der Waals surface area contributed by atoms with Crippen LogP contribution in [0.4, 0.5) is 0 Å². The van der Waals surface area contributed by atoms with Crippen molar-refractivity contribution in [1.82, 2.24) is 0 Å². The molecule has 6 heteroatoms. The van der Waals surface area contributed by atoms with Crippen LogP contribution >= 0.6 is 0 Å². The van der Waals surface area contributed by atoms with Crippen molar-refractivity contribution < 1.29 is 23.9 Å². The number of Topliss-reactive ketones (excluding diaryl/α,β-unsaturated/α-hetero) is 1. The van der Waals surface area contributed by atoms with E-state index in [0.717, 1.165) is 0 Å². The molecule has 0 aliphatic rings. The van der Waals surface area contributed by atoms with Gasteiger partial charge in [0.15, 0.2) is 5.78 Å². The second-order valence-electron chi connectivity index (χ2n) is 6.00. The zero-order valence-corrected chi connectivity index (χ0v) is 13.9. The first-order valence-corrected chi connectivity index (χ1v) is 7.42. The Morgan fingerprint density at radius 3 is 2.35 bits per heavy atom. The smallest absolute Gasteiger partial charge is 0.328 e. The molecule has 2 N–H and O–H groups in total. The first-order valence-electron chi connectivity index (χ1n) is 7.42. The lowest BCUT2D eigenvalue weighted by molar-refractivity contribution is -0.156. The molecule has 0 spiro atoms. The summed E-state index contributed by atoms with van der Waals surface area (Å²) in [4.78, 5) is 35.8. The van der Waals surface area contributed by atoms with E-state index in [0.29, 0.717) is 5.56 Å². The van der Waals surface area contributed by atoms with E-state index in [1.807, 2.05) is 0 Å². The summed E-state index contributed by atoms with van der Waals surface area (Å²) >= 11 is 0. The fourth-order valence-electron chi connectivity index (χ4n) is 1.95. The number of hydrogen-bond acceptors (Lipinski definition) is 6. The van der Waals surface area contributed by atoms with Gasteiger partial charge < -0.3 is 15.2 Å². The molecule has 1 aromatic rings. The van der Waals surface area contributed by atoms with Gasteiger partial charge in [-0.25, -0.2) is 4.79 Å². The predicted octanol–water partition coefficient (Wildman–Crippen LogP) is 2.16. The van der Waals surface area contributed by atoms with Crippen molar-refractivity contribution in [2.75, 3.05) is 6.61 Å². The van der Waals surface area contributed by atoms with Crippen molar-refractivity contribution in [2.45, 2.75) is 45.8 Å². The number of ketones is 1. The van der Waals surface area contributed by atoms with Crippen molar-refractivity contribution in [3.63, 3.8) is 0 Å². The fourth-order valence-corrected chi connectivity index (χ4v) is 1.95. The van der Waals surface area contributed by atoms with Crippen LogP contribution in [0.1, 0.15) is 56.1 Å². The molecule has 1 unspecified atom stereocenters. The fraction of sp³-hybridized carbons (Fsp3) is 0.471. The van der Waals surface area contributed by atoms with E-state index in [1.54, 1.807) is 45.9 Å². The summed E-state index contributed by atoms with van der Waals surface area (Å²) in [7, 11) is 0. The van der Waals surface area contributed by atoms with Gasteiger partial charge in [0.2, 0.25) is 0 Å². The summed E-state index contributed by atoms with van der Waals surface area (Å²) in [6.45, 7) is 7.06. The number of carbonyl (C=O) groups excluding carboxylic acids is 3. The molecule has 1 aromatic carbocycles. The molecule has 1 rings (SSSR count). The molecule has 0 heterocycles. The lowest BCUT2D eigenvalue weighted by atomic mass is 9.96. The minimum Gasteiger partial charge on any atom is -0.466 e. The van der Waals surface area contributed by atoms with Gasteiger partial charge in [-0.05, 0) is 33.3 Å². The summed E-state index contributed by atoms with van der Waals surface area (Å²) in [5.74, 6) is -1.69. The second-order valence-corrected chi connectivity index (χ2v) is 6.00. The third kappa shape index (κ3) is 5.83. The molecule has 0 aliphatic carbocycles. The number of esters is 2. The third-order valence-electron chi connectivity index (χ3n) is 2.87. The maximum Gasteiger partial charge on any atom is 0.328 e. The molecular formula is C17H23NO5. The Bertz CT molecular complexity index is 589. The molecule has 0 aliphatic heterocycles. The zero-order valence-electron chi connectivity index (χ0n) is 13.9. The van der Waals surface area contributed by atoms with Crippen LogP contribution in [-0.2, 0) is 19.1 Å². The number of carbonyl (C=O) groups is 3. The Morgan fingerprint density at radius 2 is 1.78 bits per heavy atom. The maximum absolute atomic E-state index is 12.3. The molecule has 126 valence electrons. The highest BCUT2D eigenvalue weighted by molar-refractivity contribution is 6.07. The largest absolute Gasteiger partial charge is 0.466 e. The second kappa shape index (κ2) is 7.87. The summed E-state index contributed by atoms with van der Waals surface area (Å²) in [6, 6.07) is 5.31. The van der Waals surface area contributed by atoms with E-state index in [-0.39, 0.29) is 12.2 Å². The lowest BCUT2D eigenvalue weighted by Crippen LogP contribution is -2.32. The van der Waals surface area contributed by atoms with Crippen molar-refractivity contribution >= 4 is 17.7 Å². The molecule has 23 heavy (non-hydrogen) atoms. The highest BCUT2D eigenvalue weighted by Crippen LogP contribution is 2.21. The molecule has 0 saturated carbocycles. The zero-order chi connectivity index (χ0) is 17.6. The summed E-state index contributed by atoms with van der Waals surface area (Å²) in [5.41, 5.74) is 5.80. The molecule has 0 bridgehead atoms. The van der Waals surface area contributed by atoms with E-state index in [4.69, 9.17) is 15.2 Å².